The van der Waals surface area contributed by atoms with Crippen molar-refractivity contribution in [2.45, 2.75) is 27.2 Å². The number of aryl methyl sites for hydroxylation is 1. The Kier molecular flexibility index (Phi) is 8.22. The van der Waals surface area contributed by atoms with E-state index in [4.69, 9.17) is 9.47 Å². The highest BCUT2D eigenvalue weighted by Gasteiger charge is 2.12. The van der Waals surface area contributed by atoms with Crippen LogP contribution < -0.4 is 5.32 Å². The fraction of sp³-hybridized carbons (Fsp3) is 0.529. The van der Waals surface area contributed by atoms with Gasteiger partial charge in [0.25, 0.3) is 11.9 Å². The van der Waals surface area contributed by atoms with Gasteiger partial charge in [0.1, 0.15) is 0 Å². The smallest absolute Gasteiger partial charge is 0.291 e. The van der Waals surface area contributed by atoms with Crippen LogP contribution in [-0.4, -0.2) is 38.8 Å². The van der Waals surface area contributed by atoms with E-state index in [9.17, 15) is 4.79 Å². The Morgan fingerprint density at radius 1 is 1.32 bits per heavy atom. The van der Waals surface area contributed by atoms with E-state index >= 15 is 0 Å². The van der Waals surface area contributed by atoms with Gasteiger partial charge < -0.3 is 9.47 Å². The molecule has 0 atom stereocenters. The van der Waals surface area contributed by atoms with Crippen LogP contribution in [0.2, 0.25) is 0 Å². The summed E-state index contributed by atoms with van der Waals surface area (Å²) in [5, 5.41) is 2.75. The van der Waals surface area contributed by atoms with E-state index in [1.54, 1.807) is 13.2 Å². The van der Waals surface area contributed by atoms with Crippen molar-refractivity contribution >= 4 is 11.9 Å². The van der Waals surface area contributed by atoms with Gasteiger partial charge in [-0.25, -0.2) is 4.99 Å². The number of methoxy groups -OCH3 is 1. The maximum Gasteiger partial charge on any atom is 0.291 e. The van der Waals surface area contributed by atoms with Crippen molar-refractivity contribution < 1.29 is 14.3 Å². The first-order valence-corrected chi connectivity index (χ1v) is 7.57. The molecule has 1 rings (SSSR count). The SMILES string of the molecule is COCCCN=C(NC(=O)c1ccccc1C)OCC(C)C. The highest BCUT2D eigenvalue weighted by Crippen LogP contribution is 2.06. The summed E-state index contributed by atoms with van der Waals surface area (Å²) >= 11 is 0. The summed E-state index contributed by atoms with van der Waals surface area (Å²) in [5.41, 5.74) is 1.54. The molecule has 0 fully saturated rings. The number of rotatable bonds is 7. The second-order valence-corrected chi connectivity index (χ2v) is 5.51. The predicted octanol–water partition coefficient (Wildman–Crippen LogP) is 2.79. The van der Waals surface area contributed by atoms with Crippen LogP contribution >= 0.6 is 0 Å². The number of aliphatic imine (C=N–C) groups is 1. The summed E-state index contributed by atoms with van der Waals surface area (Å²) in [6.45, 7) is 7.69. The molecule has 0 unspecified atom stereocenters. The zero-order valence-corrected chi connectivity index (χ0v) is 13.9. The molecule has 22 heavy (non-hydrogen) atoms. The van der Waals surface area contributed by atoms with E-state index in [0.29, 0.717) is 31.2 Å². The molecular weight excluding hydrogens is 280 g/mol. The summed E-state index contributed by atoms with van der Waals surface area (Å²) in [6.07, 6.45) is 0.783. The van der Waals surface area contributed by atoms with Crippen molar-refractivity contribution in [3.05, 3.63) is 35.4 Å². The molecule has 122 valence electrons. The lowest BCUT2D eigenvalue weighted by Crippen LogP contribution is -2.34. The molecule has 5 nitrogen and oxygen atoms in total. The Morgan fingerprint density at radius 2 is 2.05 bits per heavy atom. The third-order valence-electron chi connectivity index (χ3n) is 2.93. The second-order valence-electron chi connectivity index (χ2n) is 5.51. The Bertz CT molecular complexity index is 498. The molecule has 1 aromatic carbocycles. The molecule has 0 saturated carbocycles. The molecule has 0 spiro atoms. The first kappa shape index (κ1) is 18.2. The second kappa shape index (κ2) is 9.95. The number of hydrogen-bond acceptors (Lipinski definition) is 4. The molecule has 0 aliphatic rings. The number of carbonyl (C=O) groups excluding carboxylic acids is 1. The van der Waals surface area contributed by atoms with Crippen LogP contribution in [-0.2, 0) is 9.47 Å². The predicted molar refractivity (Wildman–Crippen MR) is 88.2 cm³/mol. The molecule has 1 aromatic rings. The standard InChI is InChI=1S/C17H26N2O3/c1-13(2)12-22-17(18-10-7-11-21-4)19-16(20)15-9-6-5-8-14(15)3/h5-6,8-9,13H,7,10-12H2,1-4H3,(H,18,19,20). The number of carbonyl (C=O) groups is 1. The third-order valence-corrected chi connectivity index (χ3v) is 2.93. The minimum absolute atomic E-state index is 0.202. The lowest BCUT2D eigenvalue weighted by atomic mass is 10.1. The van der Waals surface area contributed by atoms with Gasteiger partial charge in [-0.15, -0.1) is 0 Å². The van der Waals surface area contributed by atoms with E-state index in [0.717, 1.165) is 12.0 Å². The maximum absolute atomic E-state index is 12.3. The van der Waals surface area contributed by atoms with Crippen molar-refractivity contribution in [3.8, 4) is 0 Å². The molecule has 0 aromatic heterocycles. The quantitative estimate of drug-likeness (QED) is 0.479. The lowest BCUT2D eigenvalue weighted by Gasteiger charge is -2.13. The summed E-state index contributed by atoms with van der Waals surface area (Å²) in [4.78, 5) is 16.6. The monoisotopic (exact) mass is 306 g/mol. The topological polar surface area (TPSA) is 59.9 Å². The van der Waals surface area contributed by atoms with E-state index in [1.165, 1.54) is 0 Å². The Hall–Kier alpha value is -1.88. The highest BCUT2D eigenvalue weighted by molar-refractivity contribution is 6.04. The molecule has 0 aliphatic heterocycles. The molecule has 0 saturated heterocycles. The summed E-state index contributed by atoms with van der Waals surface area (Å²) in [5.74, 6) is 0.159. The zero-order valence-electron chi connectivity index (χ0n) is 13.9. The van der Waals surface area contributed by atoms with Gasteiger partial charge in [0.15, 0.2) is 0 Å². The van der Waals surface area contributed by atoms with Crippen molar-refractivity contribution in [3.63, 3.8) is 0 Å². The average Bonchev–Trinajstić information content (AvgIpc) is 2.49. The number of amidine groups is 1. The van der Waals surface area contributed by atoms with Crippen LogP contribution in [0.5, 0.6) is 0 Å². The number of nitrogens with one attached hydrogen (secondary N) is 1. The molecule has 5 heteroatoms. The van der Waals surface area contributed by atoms with Crippen LogP contribution in [0.1, 0.15) is 36.2 Å². The van der Waals surface area contributed by atoms with Crippen molar-refractivity contribution in [2.24, 2.45) is 10.9 Å². The van der Waals surface area contributed by atoms with Gasteiger partial charge in [-0.1, -0.05) is 32.0 Å². The van der Waals surface area contributed by atoms with Gasteiger partial charge in [-0.3, -0.25) is 10.1 Å². The van der Waals surface area contributed by atoms with Crippen LogP contribution in [0.25, 0.3) is 0 Å². The van der Waals surface area contributed by atoms with E-state index < -0.39 is 0 Å². The van der Waals surface area contributed by atoms with Crippen LogP contribution in [0.3, 0.4) is 0 Å². The molecular formula is C17H26N2O3. The summed E-state index contributed by atoms with van der Waals surface area (Å²) in [6, 6.07) is 7.71. The number of nitrogens with zero attached hydrogens (tertiary/aromatic N) is 1. The van der Waals surface area contributed by atoms with Gasteiger partial charge in [0, 0.05) is 25.8 Å². The van der Waals surface area contributed by atoms with E-state index in [1.807, 2.05) is 39.0 Å². The third kappa shape index (κ3) is 6.72. The molecule has 1 amide bonds. The van der Waals surface area contributed by atoms with Crippen LogP contribution in [0, 0.1) is 12.8 Å². The first-order valence-electron chi connectivity index (χ1n) is 7.57. The molecule has 0 heterocycles. The number of benzene rings is 1. The van der Waals surface area contributed by atoms with Crippen molar-refractivity contribution in [1.82, 2.24) is 5.32 Å². The summed E-state index contributed by atoms with van der Waals surface area (Å²) < 4.78 is 10.6. The van der Waals surface area contributed by atoms with E-state index in [2.05, 4.69) is 10.3 Å². The fourth-order valence-electron chi connectivity index (χ4n) is 1.75. The maximum atomic E-state index is 12.3. The Balaban J connectivity index is 2.70. The normalized spacial score (nSPS) is 11.6. The fourth-order valence-corrected chi connectivity index (χ4v) is 1.75. The number of ether oxygens (including phenoxy) is 2. The summed E-state index contributed by atoms with van der Waals surface area (Å²) in [7, 11) is 1.65. The van der Waals surface area contributed by atoms with Gasteiger partial charge >= 0.3 is 0 Å². The zero-order chi connectivity index (χ0) is 16.4. The van der Waals surface area contributed by atoms with Crippen molar-refractivity contribution in [1.29, 1.82) is 0 Å². The van der Waals surface area contributed by atoms with Gasteiger partial charge in [-0.2, -0.15) is 0 Å². The molecule has 0 radical (unpaired) electrons. The minimum Gasteiger partial charge on any atom is -0.465 e. The lowest BCUT2D eigenvalue weighted by molar-refractivity contribution is 0.0962. The van der Waals surface area contributed by atoms with Crippen LogP contribution in [0.15, 0.2) is 29.3 Å². The average molecular weight is 306 g/mol. The van der Waals surface area contributed by atoms with Crippen LogP contribution in [0.4, 0.5) is 0 Å². The molecule has 1 N–H and O–H groups in total. The Labute approximate surface area is 132 Å². The largest absolute Gasteiger partial charge is 0.465 e. The minimum atomic E-state index is -0.202. The molecule has 0 bridgehead atoms. The highest BCUT2D eigenvalue weighted by atomic mass is 16.5. The number of hydrogen-bond donors (Lipinski definition) is 1. The van der Waals surface area contributed by atoms with Crippen molar-refractivity contribution in [2.75, 3.05) is 26.9 Å². The number of amides is 1. The molecule has 0 aliphatic carbocycles. The first-order chi connectivity index (χ1) is 10.5. The van der Waals surface area contributed by atoms with Gasteiger partial charge in [-0.05, 0) is 30.9 Å². The van der Waals surface area contributed by atoms with Gasteiger partial charge in [0.2, 0.25) is 0 Å². The van der Waals surface area contributed by atoms with Gasteiger partial charge in [0.05, 0.1) is 6.61 Å². The van der Waals surface area contributed by atoms with E-state index in [-0.39, 0.29) is 11.9 Å². The Morgan fingerprint density at radius 3 is 2.68 bits per heavy atom.